The molecule has 0 atom stereocenters. The van der Waals surface area contributed by atoms with Crippen LogP contribution < -0.4 is 0 Å². The van der Waals surface area contributed by atoms with Gasteiger partial charge < -0.3 is 4.74 Å². The predicted octanol–water partition coefficient (Wildman–Crippen LogP) is 1.91. The Kier molecular flexibility index (Phi) is 4.35. The van der Waals surface area contributed by atoms with Crippen molar-refractivity contribution in [3.8, 4) is 11.4 Å². The number of tetrazole rings is 1. The Balaban J connectivity index is 2.10. The third kappa shape index (κ3) is 2.89. The van der Waals surface area contributed by atoms with E-state index in [2.05, 4.69) is 15.5 Å². The number of benzene rings is 1. The van der Waals surface area contributed by atoms with Crippen LogP contribution in [0.5, 0.6) is 0 Å². The number of aryl methyl sites for hydroxylation is 1. The highest BCUT2D eigenvalue weighted by molar-refractivity contribution is 5.55. The standard InChI is InChI=1S/C12H15FN4O/c1-18-9-5-4-8-17-12(14-15-16-17)10-6-2-3-7-11(10)13/h2-3,6-7H,4-5,8-9H2,1H3. The van der Waals surface area contributed by atoms with E-state index >= 15 is 0 Å². The van der Waals surface area contributed by atoms with Gasteiger partial charge in [-0.25, -0.2) is 9.07 Å². The summed E-state index contributed by atoms with van der Waals surface area (Å²) in [4.78, 5) is 0. The molecule has 2 rings (SSSR count). The highest BCUT2D eigenvalue weighted by Crippen LogP contribution is 2.19. The molecule has 0 aliphatic carbocycles. The van der Waals surface area contributed by atoms with Gasteiger partial charge in [-0.2, -0.15) is 0 Å². The van der Waals surface area contributed by atoms with Crippen LogP contribution in [0.15, 0.2) is 24.3 Å². The molecular weight excluding hydrogens is 235 g/mol. The zero-order valence-electron chi connectivity index (χ0n) is 10.2. The van der Waals surface area contributed by atoms with E-state index in [1.54, 1.807) is 30.0 Å². The lowest BCUT2D eigenvalue weighted by Gasteiger charge is -2.05. The number of ether oxygens (including phenoxy) is 1. The molecule has 0 bridgehead atoms. The third-order valence-corrected chi connectivity index (χ3v) is 2.62. The zero-order chi connectivity index (χ0) is 12.8. The van der Waals surface area contributed by atoms with Crippen LogP contribution in [0.2, 0.25) is 0 Å². The molecule has 1 aromatic heterocycles. The highest BCUT2D eigenvalue weighted by atomic mass is 19.1. The molecule has 0 fully saturated rings. The molecule has 0 radical (unpaired) electrons. The van der Waals surface area contributed by atoms with Crippen molar-refractivity contribution in [2.75, 3.05) is 13.7 Å². The topological polar surface area (TPSA) is 52.8 Å². The van der Waals surface area contributed by atoms with Crippen molar-refractivity contribution >= 4 is 0 Å². The lowest BCUT2D eigenvalue weighted by Crippen LogP contribution is -2.05. The maximum absolute atomic E-state index is 13.6. The number of hydrogen-bond donors (Lipinski definition) is 0. The maximum Gasteiger partial charge on any atom is 0.184 e. The van der Waals surface area contributed by atoms with Gasteiger partial charge in [0.25, 0.3) is 0 Å². The van der Waals surface area contributed by atoms with Gasteiger partial charge in [-0.15, -0.1) is 5.10 Å². The summed E-state index contributed by atoms with van der Waals surface area (Å²) >= 11 is 0. The first-order valence-electron chi connectivity index (χ1n) is 5.83. The van der Waals surface area contributed by atoms with Crippen LogP contribution in [0, 0.1) is 5.82 Å². The fraction of sp³-hybridized carbons (Fsp3) is 0.417. The van der Waals surface area contributed by atoms with Gasteiger partial charge in [-0.1, -0.05) is 12.1 Å². The fourth-order valence-electron chi connectivity index (χ4n) is 1.70. The molecule has 0 saturated heterocycles. The summed E-state index contributed by atoms with van der Waals surface area (Å²) < 4.78 is 20.2. The Hall–Kier alpha value is -1.82. The van der Waals surface area contributed by atoms with Gasteiger partial charge in [0, 0.05) is 20.3 Å². The third-order valence-electron chi connectivity index (χ3n) is 2.62. The van der Waals surface area contributed by atoms with E-state index in [4.69, 9.17) is 4.74 Å². The van der Waals surface area contributed by atoms with Crippen LogP contribution >= 0.6 is 0 Å². The molecule has 18 heavy (non-hydrogen) atoms. The first kappa shape index (κ1) is 12.6. The Morgan fingerprint density at radius 2 is 2.11 bits per heavy atom. The van der Waals surface area contributed by atoms with Crippen LogP contribution in [0.25, 0.3) is 11.4 Å². The van der Waals surface area contributed by atoms with Crippen molar-refractivity contribution < 1.29 is 9.13 Å². The van der Waals surface area contributed by atoms with Gasteiger partial charge in [0.2, 0.25) is 0 Å². The van der Waals surface area contributed by atoms with E-state index in [1.807, 2.05) is 0 Å². The number of methoxy groups -OCH3 is 1. The molecular formula is C12H15FN4O. The van der Waals surface area contributed by atoms with Gasteiger partial charge in [-0.3, -0.25) is 0 Å². The Bertz CT molecular complexity index is 500. The molecule has 0 amide bonds. The van der Waals surface area contributed by atoms with Gasteiger partial charge in [-0.05, 0) is 35.4 Å². The lowest BCUT2D eigenvalue weighted by molar-refractivity contribution is 0.191. The number of halogens is 1. The molecule has 0 aliphatic rings. The summed E-state index contributed by atoms with van der Waals surface area (Å²) in [5.74, 6) is 0.149. The second-order valence-electron chi connectivity index (χ2n) is 3.91. The molecule has 0 spiro atoms. The van der Waals surface area contributed by atoms with E-state index in [9.17, 15) is 4.39 Å². The first-order valence-corrected chi connectivity index (χ1v) is 5.83. The largest absolute Gasteiger partial charge is 0.385 e. The minimum absolute atomic E-state index is 0.314. The van der Waals surface area contributed by atoms with Crippen molar-refractivity contribution in [2.45, 2.75) is 19.4 Å². The monoisotopic (exact) mass is 250 g/mol. The number of rotatable bonds is 6. The molecule has 6 heteroatoms. The van der Waals surface area contributed by atoms with Crippen LogP contribution in [-0.4, -0.2) is 33.9 Å². The van der Waals surface area contributed by atoms with Crippen LogP contribution in [0.4, 0.5) is 4.39 Å². The molecule has 0 unspecified atom stereocenters. The van der Waals surface area contributed by atoms with E-state index in [1.165, 1.54) is 6.07 Å². The van der Waals surface area contributed by atoms with E-state index in [0.717, 1.165) is 12.8 Å². The summed E-state index contributed by atoms with van der Waals surface area (Å²) in [6, 6.07) is 6.49. The second kappa shape index (κ2) is 6.20. The van der Waals surface area contributed by atoms with Gasteiger partial charge in [0.05, 0.1) is 5.56 Å². The summed E-state index contributed by atoms with van der Waals surface area (Å²) in [6.45, 7) is 1.36. The van der Waals surface area contributed by atoms with Crippen LogP contribution in [-0.2, 0) is 11.3 Å². The first-order chi connectivity index (χ1) is 8.83. The molecule has 96 valence electrons. The summed E-state index contributed by atoms with van der Waals surface area (Å²) in [5.41, 5.74) is 0.425. The number of hydrogen-bond acceptors (Lipinski definition) is 4. The van der Waals surface area contributed by atoms with Gasteiger partial charge in [0.1, 0.15) is 5.82 Å². The lowest BCUT2D eigenvalue weighted by atomic mass is 10.2. The summed E-state index contributed by atoms with van der Waals surface area (Å²) in [7, 11) is 1.67. The summed E-state index contributed by atoms with van der Waals surface area (Å²) in [6.07, 6.45) is 1.81. The Labute approximate surface area is 105 Å². The van der Waals surface area contributed by atoms with Crippen molar-refractivity contribution in [1.82, 2.24) is 20.2 Å². The SMILES string of the molecule is COCCCCn1nnnc1-c1ccccc1F. The van der Waals surface area contributed by atoms with Crippen molar-refractivity contribution in [3.63, 3.8) is 0 Å². The molecule has 2 aromatic rings. The van der Waals surface area contributed by atoms with Gasteiger partial charge >= 0.3 is 0 Å². The van der Waals surface area contributed by atoms with E-state index in [0.29, 0.717) is 24.5 Å². The number of nitrogens with zero attached hydrogens (tertiary/aromatic N) is 4. The minimum atomic E-state index is -0.314. The molecule has 0 aliphatic heterocycles. The normalized spacial score (nSPS) is 10.8. The van der Waals surface area contributed by atoms with Crippen molar-refractivity contribution in [2.24, 2.45) is 0 Å². The van der Waals surface area contributed by atoms with E-state index in [-0.39, 0.29) is 5.82 Å². The maximum atomic E-state index is 13.6. The smallest absolute Gasteiger partial charge is 0.184 e. The van der Waals surface area contributed by atoms with Gasteiger partial charge in [0.15, 0.2) is 5.82 Å². The minimum Gasteiger partial charge on any atom is -0.385 e. The fourth-order valence-corrected chi connectivity index (χ4v) is 1.70. The average molecular weight is 250 g/mol. The Morgan fingerprint density at radius 1 is 1.28 bits per heavy atom. The highest BCUT2D eigenvalue weighted by Gasteiger charge is 2.12. The quantitative estimate of drug-likeness (QED) is 0.735. The van der Waals surface area contributed by atoms with Crippen molar-refractivity contribution in [1.29, 1.82) is 0 Å². The Morgan fingerprint density at radius 3 is 2.89 bits per heavy atom. The second-order valence-corrected chi connectivity index (χ2v) is 3.91. The van der Waals surface area contributed by atoms with E-state index < -0.39 is 0 Å². The molecule has 0 N–H and O–H groups in total. The van der Waals surface area contributed by atoms with Crippen molar-refractivity contribution in [3.05, 3.63) is 30.1 Å². The van der Waals surface area contributed by atoms with Crippen LogP contribution in [0.1, 0.15) is 12.8 Å². The summed E-state index contributed by atoms with van der Waals surface area (Å²) in [5, 5.41) is 11.4. The van der Waals surface area contributed by atoms with Crippen LogP contribution in [0.3, 0.4) is 0 Å². The molecule has 0 saturated carbocycles. The molecule has 5 nitrogen and oxygen atoms in total. The molecule has 1 aromatic carbocycles. The zero-order valence-corrected chi connectivity index (χ0v) is 10.2. The predicted molar refractivity (Wildman–Crippen MR) is 64.3 cm³/mol. The number of aromatic nitrogens is 4. The number of unbranched alkanes of at least 4 members (excludes halogenated alkanes) is 1. The molecule has 1 heterocycles. The average Bonchev–Trinajstić information content (AvgIpc) is 2.83.